The summed E-state index contributed by atoms with van der Waals surface area (Å²) in [6.45, 7) is 0. The molecule has 4 aromatic carbocycles. The van der Waals surface area contributed by atoms with Gasteiger partial charge in [-0.3, -0.25) is 9.59 Å². The molecule has 0 aliphatic carbocycles. The number of carbonyl (C=O) groups excluding carboxylic acids is 1. The molecular weight excluding hydrogens is 552 g/mol. The van der Waals surface area contributed by atoms with E-state index in [0.717, 1.165) is 18.2 Å². The average molecular weight is 570 g/mol. The van der Waals surface area contributed by atoms with Crippen molar-refractivity contribution in [2.75, 3.05) is 0 Å². The van der Waals surface area contributed by atoms with Gasteiger partial charge in [0.2, 0.25) is 17.0 Å². The monoisotopic (exact) mass is 570 g/mol. The summed E-state index contributed by atoms with van der Waals surface area (Å²) in [6.07, 6.45) is 0. The Bertz CT molecular complexity index is 2050. The highest BCUT2D eigenvalue weighted by Crippen LogP contribution is 2.62. The summed E-state index contributed by atoms with van der Waals surface area (Å²) >= 11 is 0. The van der Waals surface area contributed by atoms with Gasteiger partial charge in [-0.2, -0.15) is 0 Å². The predicted octanol–water partition coefficient (Wildman–Crippen LogP) is 3.40. The summed E-state index contributed by atoms with van der Waals surface area (Å²) in [5.41, 5.74) is -5.04. The third-order valence-electron chi connectivity index (χ3n) is 7.44. The van der Waals surface area contributed by atoms with Gasteiger partial charge in [0.15, 0.2) is 11.3 Å². The molecule has 12 heteroatoms. The van der Waals surface area contributed by atoms with Crippen LogP contribution in [0.15, 0.2) is 75.9 Å². The largest absolute Gasteiger partial charge is 0.508 e. The molecule has 7 rings (SSSR count). The smallest absolute Gasteiger partial charge is 0.287 e. The molecule has 0 unspecified atom stereocenters. The van der Waals surface area contributed by atoms with E-state index in [1.807, 2.05) is 0 Å². The molecule has 0 fully saturated rings. The van der Waals surface area contributed by atoms with Gasteiger partial charge in [0.05, 0.1) is 5.56 Å². The van der Waals surface area contributed by atoms with Crippen LogP contribution in [0.2, 0.25) is 0 Å². The fourth-order valence-corrected chi connectivity index (χ4v) is 5.56. The third-order valence-corrected chi connectivity index (χ3v) is 7.44. The van der Waals surface area contributed by atoms with E-state index in [1.165, 1.54) is 48.5 Å². The van der Waals surface area contributed by atoms with Crippen molar-refractivity contribution in [3.63, 3.8) is 0 Å². The number of benzene rings is 4. The van der Waals surface area contributed by atoms with Crippen LogP contribution in [0, 0.1) is 0 Å². The second kappa shape index (κ2) is 8.08. The van der Waals surface area contributed by atoms with Crippen LogP contribution in [-0.4, -0.2) is 41.5 Å². The first-order valence-corrected chi connectivity index (χ1v) is 12.3. The van der Waals surface area contributed by atoms with Crippen molar-refractivity contribution in [1.82, 2.24) is 0 Å². The minimum atomic E-state index is -2.77. The Morgan fingerprint density at radius 1 is 0.667 bits per heavy atom. The van der Waals surface area contributed by atoms with Gasteiger partial charge in [-0.05, 0) is 48.5 Å². The number of phenolic OH excluding ortho intramolecular Hbond substituents is 5. The van der Waals surface area contributed by atoms with Gasteiger partial charge in [0, 0.05) is 29.3 Å². The van der Waals surface area contributed by atoms with Crippen LogP contribution in [0.4, 0.5) is 0 Å². The molecule has 2 aliphatic rings. The zero-order valence-corrected chi connectivity index (χ0v) is 21.0. The van der Waals surface area contributed by atoms with Crippen molar-refractivity contribution < 1.29 is 54.4 Å². The number of hydrogen-bond donors (Lipinski definition) is 7. The molecule has 210 valence electrons. The number of carbonyl (C=O) groups is 1. The normalized spacial score (nSPS) is 20.4. The fraction of sp³-hybridized carbons (Fsp3) is 0.0667. The fourth-order valence-electron chi connectivity index (χ4n) is 5.56. The first kappa shape index (κ1) is 25.1. The molecular formula is C30H18O12. The molecule has 2 atom stereocenters. The van der Waals surface area contributed by atoms with E-state index >= 15 is 0 Å². The minimum absolute atomic E-state index is 0.114. The van der Waals surface area contributed by atoms with Crippen LogP contribution in [0.25, 0.3) is 22.3 Å². The average Bonchev–Trinajstić information content (AvgIpc) is 3.37. The Balaban J connectivity index is 1.62. The Labute approximate surface area is 233 Å². The summed E-state index contributed by atoms with van der Waals surface area (Å²) < 4.78 is 18.0. The van der Waals surface area contributed by atoms with Crippen LogP contribution in [0.5, 0.6) is 46.0 Å². The van der Waals surface area contributed by atoms with Gasteiger partial charge in [-0.25, -0.2) is 0 Å². The van der Waals surface area contributed by atoms with Crippen LogP contribution >= 0.6 is 0 Å². The first-order valence-electron chi connectivity index (χ1n) is 12.3. The van der Waals surface area contributed by atoms with Crippen molar-refractivity contribution in [3.8, 4) is 57.3 Å². The van der Waals surface area contributed by atoms with Crippen LogP contribution in [-0.2, 0) is 11.4 Å². The molecule has 1 aromatic heterocycles. The highest BCUT2D eigenvalue weighted by molar-refractivity contribution is 6.13. The number of Topliss-reactive ketones (excluding diaryl/α,β-unsaturated/α-hetero) is 1. The Hall–Kier alpha value is -5.88. The standard InChI is InChI=1S/C30H18O12/c31-14-5-1-12(2-6-14)26-25(37)24(36)22-18(35)11-20-23(27(22)40-26)29(30(39,42-20)13-3-7-15(32)8-4-13)28(38)21-17(34)9-16(33)10-19(21)41-29/h1-11,31-35,37,39H/t29-,30+/m0/s1. The van der Waals surface area contributed by atoms with Crippen molar-refractivity contribution in [3.05, 3.63) is 93.6 Å². The Morgan fingerprint density at radius 3 is 1.98 bits per heavy atom. The van der Waals surface area contributed by atoms with Crippen LogP contribution in [0.3, 0.4) is 0 Å². The van der Waals surface area contributed by atoms with Gasteiger partial charge in [0.1, 0.15) is 51.2 Å². The zero-order valence-electron chi connectivity index (χ0n) is 21.0. The molecule has 0 amide bonds. The number of rotatable bonds is 2. The van der Waals surface area contributed by atoms with Gasteiger partial charge in [-0.15, -0.1) is 0 Å². The molecule has 0 saturated carbocycles. The molecule has 12 nitrogen and oxygen atoms in total. The molecule has 0 bridgehead atoms. The van der Waals surface area contributed by atoms with E-state index in [2.05, 4.69) is 0 Å². The Morgan fingerprint density at radius 2 is 1.31 bits per heavy atom. The lowest BCUT2D eigenvalue weighted by molar-refractivity contribution is -0.217. The molecule has 42 heavy (non-hydrogen) atoms. The van der Waals surface area contributed by atoms with Crippen LogP contribution in [0.1, 0.15) is 21.5 Å². The van der Waals surface area contributed by atoms with Gasteiger partial charge >= 0.3 is 0 Å². The first-order chi connectivity index (χ1) is 20.0. The van der Waals surface area contributed by atoms with E-state index in [9.17, 15) is 45.3 Å². The highest BCUT2D eigenvalue weighted by Gasteiger charge is 2.73. The van der Waals surface area contributed by atoms with Gasteiger partial charge < -0.3 is 49.6 Å². The summed E-state index contributed by atoms with van der Waals surface area (Å²) in [5, 5.41) is 73.6. The number of ether oxygens (including phenoxy) is 2. The van der Waals surface area contributed by atoms with E-state index in [0.29, 0.717) is 0 Å². The molecule has 2 aliphatic heterocycles. The zero-order chi connectivity index (χ0) is 29.7. The number of hydrogen-bond acceptors (Lipinski definition) is 12. The predicted molar refractivity (Wildman–Crippen MR) is 142 cm³/mol. The number of aromatic hydroxyl groups is 6. The van der Waals surface area contributed by atoms with E-state index < -0.39 is 67.9 Å². The Kier molecular flexibility index (Phi) is 4.83. The van der Waals surface area contributed by atoms with E-state index in [1.54, 1.807) is 0 Å². The van der Waals surface area contributed by atoms with Gasteiger partial charge in [-0.1, -0.05) is 0 Å². The van der Waals surface area contributed by atoms with Crippen molar-refractivity contribution in [1.29, 1.82) is 0 Å². The molecule has 5 aromatic rings. The maximum atomic E-state index is 14.3. The molecule has 3 heterocycles. The van der Waals surface area contributed by atoms with Crippen molar-refractivity contribution >= 4 is 16.8 Å². The molecule has 1 spiro atoms. The lowest BCUT2D eigenvalue weighted by Gasteiger charge is -2.35. The lowest BCUT2D eigenvalue weighted by Crippen LogP contribution is -2.55. The quantitative estimate of drug-likeness (QED) is 0.163. The molecule has 0 saturated heterocycles. The van der Waals surface area contributed by atoms with E-state index in [-0.39, 0.29) is 39.7 Å². The molecule has 7 N–H and O–H groups in total. The summed E-state index contributed by atoms with van der Waals surface area (Å²) in [4.78, 5) is 27.8. The number of aliphatic hydroxyl groups is 1. The highest BCUT2D eigenvalue weighted by atomic mass is 16.7. The summed E-state index contributed by atoms with van der Waals surface area (Å²) in [5.74, 6) is -7.98. The lowest BCUT2D eigenvalue weighted by atomic mass is 9.78. The SMILES string of the molecule is O=C1c2c(O)cc(O)cc2O[C@@]12c1c(cc(O)c3c(=O)c(O)c(-c4ccc(O)cc4)oc13)O[C@]2(O)c1ccc(O)cc1. The summed E-state index contributed by atoms with van der Waals surface area (Å²) in [7, 11) is 0. The second-order valence-corrected chi connectivity index (χ2v) is 9.87. The van der Waals surface area contributed by atoms with Crippen molar-refractivity contribution in [2.45, 2.75) is 11.4 Å². The van der Waals surface area contributed by atoms with E-state index in [4.69, 9.17) is 13.9 Å². The minimum Gasteiger partial charge on any atom is -0.508 e. The maximum Gasteiger partial charge on any atom is 0.287 e. The number of fused-ring (bicyclic) bond motifs is 5. The van der Waals surface area contributed by atoms with Crippen LogP contribution < -0.4 is 14.9 Å². The van der Waals surface area contributed by atoms with Gasteiger partial charge in [0.25, 0.3) is 11.4 Å². The van der Waals surface area contributed by atoms with Crippen molar-refractivity contribution in [2.24, 2.45) is 0 Å². The second-order valence-electron chi connectivity index (χ2n) is 9.87. The summed E-state index contributed by atoms with van der Waals surface area (Å²) in [6, 6.07) is 13.0. The topological polar surface area (TPSA) is 207 Å². The maximum absolute atomic E-state index is 14.3. The third kappa shape index (κ3) is 3.03. The number of phenols is 5. The number of ketones is 1. The molecule has 0 radical (unpaired) electrons.